The van der Waals surface area contributed by atoms with Gasteiger partial charge in [-0.2, -0.15) is 4.31 Å². The number of nitrogens with two attached hydrogens (primary N) is 1. The van der Waals surface area contributed by atoms with E-state index in [2.05, 4.69) is 0 Å². The Bertz CT molecular complexity index is 566. The minimum Gasteiger partial charge on any atom is -0.398 e. The molecule has 0 aliphatic carbocycles. The number of halogens is 1. The van der Waals surface area contributed by atoms with Crippen molar-refractivity contribution >= 4 is 27.3 Å². The third-order valence-electron chi connectivity index (χ3n) is 3.36. The summed E-state index contributed by atoms with van der Waals surface area (Å²) in [5, 5.41) is 9.92. The number of aliphatic hydroxyl groups excluding tert-OH is 1. The third-order valence-corrected chi connectivity index (χ3v) is 5.59. The van der Waals surface area contributed by atoms with Crippen molar-refractivity contribution in [3.63, 3.8) is 0 Å². The molecule has 1 atom stereocenters. The smallest absolute Gasteiger partial charge is 0.243 e. The lowest BCUT2D eigenvalue weighted by molar-refractivity contribution is 0.108. The number of nitrogens with zero attached hydrogens (tertiary/aromatic N) is 1. The highest BCUT2D eigenvalue weighted by Gasteiger charge is 2.30. The topological polar surface area (TPSA) is 83.6 Å². The van der Waals surface area contributed by atoms with Gasteiger partial charge in [-0.3, -0.25) is 0 Å². The van der Waals surface area contributed by atoms with E-state index in [4.69, 9.17) is 17.3 Å². The number of β-amino-alcohol motifs (C(OH)–C–C–N with tert-alkyl or cyclic N) is 1. The van der Waals surface area contributed by atoms with Crippen LogP contribution in [0.1, 0.15) is 18.4 Å². The van der Waals surface area contributed by atoms with Gasteiger partial charge in [0.05, 0.1) is 11.0 Å². The van der Waals surface area contributed by atoms with Crippen LogP contribution < -0.4 is 5.73 Å². The molecule has 0 aromatic heterocycles. The van der Waals surface area contributed by atoms with Gasteiger partial charge in [0.25, 0.3) is 0 Å². The molecule has 0 spiro atoms. The predicted octanol–water partition coefficient (Wildman–Crippen LogP) is 1.38. The maximum Gasteiger partial charge on any atom is 0.243 e. The Hall–Kier alpha value is -0.820. The molecular weight excluding hydrogens is 288 g/mol. The molecule has 1 aliphatic rings. The van der Waals surface area contributed by atoms with Crippen LogP contribution in [-0.2, 0) is 10.0 Å². The van der Waals surface area contributed by atoms with Crippen LogP contribution in [0.25, 0.3) is 0 Å². The van der Waals surface area contributed by atoms with Crippen molar-refractivity contribution in [3.8, 4) is 0 Å². The first kappa shape index (κ1) is 14.6. The Kier molecular flexibility index (Phi) is 4.06. The van der Waals surface area contributed by atoms with Crippen molar-refractivity contribution in [2.75, 3.05) is 18.8 Å². The van der Waals surface area contributed by atoms with Crippen LogP contribution >= 0.6 is 11.6 Å². The van der Waals surface area contributed by atoms with E-state index in [9.17, 15) is 13.5 Å². The largest absolute Gasteiger partial charge is 0.398 e. The first-order valence-electron chi connectivity index (χ1n) is 6.06. The summed E-state index contributed by atoms with van der Waals surface area (Å²) in [5.41, 5.74) is 6.77. The van der Waals surface area contributed by atoms with Gasteiger partial charge in [0, 0.05) is 23.8 Å². The summed E-state index contributed by atoms with van der Waals surface area (Å²) in [4.78, 5) is 0.0784. The summed E-state index contributed by atoms with van der Waals surface area (Å²) in [5.74, 6) is 0. The predicted molar refractivity (Wildman–Crippen MR) is 74.6 cm³/mol. The normalized spacial score (nSPS) is 21.5. The van der Waals surface area contributed by atoms with Gasteiger partial charge in [0.15, 0.2) is 0 Å². The lowest BCUT2D eigenvalue weighted by Gasteiger charge is -2.29. The molecule has 19 heavy (non-hydrogen) atoms. The molecule has 0 radical (unpaired) electrons. The molecule has 3 N–H and O–H groups in total. The van der Waals surface area contributed by atoms with Gasteiger partial charge in [-0.25, -0.2) is 8.42 Å². The summed E-state index contributed by atoms with van der Waals surface area (Å²) in [6, 6.07) is 2.82. The van der Waals surface area contributed by atoms with E-state index < -0.39 is 16.1 Å². The van der Waals surface area contributed by atoms with Crippen LogP contribution in [-0.4, -0.2) is 37.0 Å². The monoisotopic (exact) mass is 304 g/mol. The molecule has 2 rings (SSSR count). The SMILES string of the molecule is Cc1c(N)cc(S(=O)(=O)N2CCCC(O)C2)cc1Cl. The van der Waals surface area contributed by atoms with Gasteiger partial charge in [-0.15, -0.1) is 0 Å². The van der Waals surface area contributed by atoms with Crippen molar-refractivity contribution in [1.29, 1.82) is 0 Å². The summed E-state index contributed by atoms with van der Waals surface area (Å²) in [6.07, 6.45) is 0.667. The Labute approximate surface area is 118 Å². The minimum absolute atomic E-state index is 0.0784. The van der Waals surface area contributed by atoms with Crippen molar-refractivity contribution in [1.82, 2.24) is 4.31 Å². The molecule has 0 bridgehead atoms. The Morgan fingerprint density at radius 3 is 2.74 bits per heavy atom. The van der Waals surface area contributed by atoms with Crippen molar-refractivity contribution in [3.05, 3.63) is 22.7 Å². The maximum absolute atomic E-state index is 12.4. The first-order valence-corrected chi connectivity index (χ1v) is 7.88. The molecule has 1 aliphatic heterocycles. The second kappa shape index (κ2) is 5.28. The van der Waals surface area contributed by atoms with E-state index in [1.165, 1.54) is 16.4 Å². The molecule has 1 aromatic carbocycles. The molecule has 0 saturated carbocycles. The number of anilines is 1. The summed E-state index contributed by atoms with van der Waals surface area (Å²) in [6.45, 7) is 2.26. The molecular formula is C12H17ClN2O3S. The van der Waals surface area contributed by atoms with Gasteiger partial charge < -0.3 is 10.8 Å². The number of hydrogen-bond donors (Lipinski definition) is 2. The van der Waals surface area contributed by atoms with Crippen LogP contribution in [0.5, 0.6) is 0 Å². The molecule has 1 aromatic rings. The highest BCUT2D eigenvalue weighted by Crippen LogP contribution is 2.28. The van der Waals surface area contributed by atoms with Crippen molar-refractivity contribution < 1.29 is 13.5 Å². The molecule has 1 unspecified atom stereocenters. The van der Waals surface area contributed by atoms with E-state index in [1.807, 2.05) is 0 Å². The highest BCUT2D eigenvalue weighted by atomic mass is 35.5. The fraction of sp³-hybridized carbons (Fsp3) is 0.500. The van der Waals surface area contributed by atoms with Crippen LogP contribution in [0.2, 0.25) is 5.02 Å². The molecule has 5 nitrogen and oxygen atoms in total. The zero-order chi connectivity index (χ0) is 14.2. The summed E-state index contributed by atoms with van der Waals surface area (Å²) >= 11 is 5.98. The van der Waals surface area contributed by atoms with Crippen molar-refractivity contribution in [2.24, 2.45) is 0 Å². The third kappa shape index (κ3) is 2.86. The van der Waals surface area contributed by atoms with Crippen LogP contribution in [0.15, 0.2) is 17.0 Å². The first-order chi connectivity index (χ1) is 8.82. The molecule has 7 heteroatoms. The van der Waals surface area contributed by atoms with E-state index in [1.54, 1.807) is 6.92 Å². The van der Waals surface area contributed by atoms with Gasteiger partial charge in [-0.1, -0.05) is 11.6 Å². The van der Waals surface area contributed by atoms with Crippen LogP contribution in [0.3, 0.4) is 0 Å². The average molecular weight is 305 g/mol. The van der Waals surface area contributed by atoms with Crippen molar-refractivity contribution in [2.45, 2.75) is 30.8 Å². The minimum atomic E-state index is -3.65. The lowest BCUT2D eigenvalue weighted by Crippen LogP contribution is -2.42. The second-order valence-corrected chi connectivity index (χ2v) is 7.12. The Morgan fingerprint density at radius 1 is 1.47 bits per heavy atom. The Morgan fingerprint density at radius 2 is 2.16 bits per heavy atom. The number of hydrogen-bond acceptors (Lipinski definition) is 4. The molecule has 1 saturated heterocycles. The quantitative estimate of drug-likeness (QED) is 0.809. The molecule has 106 valence electrons. The lowest BCUT2D eigenvalue weighted by atomic mass is 10.1. The fourth-order valence-electron chi connectivity index (χ4n) is 2.11. The van der Waals surface area contributed by atoms with Gasteiger partial charge in [-0.05, 0) is 37.5 Å². The second-order valence-electron chi connectivity index (χ2n) is 4.78. The average Bonchev–Trinajstić information content (AvgIpc) is 2.35. The standard InChI is InChI=1S/C12H17ClN2O3S/c1-8-11(13)5-10(6-12(8)14)19(17,18)15-4-2-3-9(16)7-15/h5-6,9,16H,2-4,7,14H2,1H3. The van der Waals surface area contributed by atoms with Gasteiger partial charge in [0.2, 0.25) is 10.0 Å². The van der Waals surface area contributed by atoms with Crippen LogP contribution in [0.4, 0.5) is 5.69 Å². The number of rotatable bonds is 2. The number of nitrogen functional groups attached to an aromatic ring is 1. The summed E-state index contributed by atoms with van der Waals surface area (Å²) in [7, 11) is -3.65. The number of aliphatic hydroxyl groups is 1. The molecule has 1 fully saturated rings. The zero-order valence-corrected chi connectivity index (χ0v) is 12.2. The number of benzene rings is 1. The van der Waals surface area contributed by atoms with E-state index in [0.717, 1.165) is 0 Å². The van der Waals surface area contributed by atoms with Gasteiger partial charge >= 0.3 is 0 Å². The van der Waals surface area contributed by atoms with E-state index in [0.29, 0.717) is 35.7 Å². The fourth-order valence-corrected chi connectivity index (χ4v) is 3.98. The zero-order valence-electron chi connectivity index (χ0n) is 10.6. The number of sulfonamides is 1. The van der Waals surface area contributed by atoms with Crippen LogP contribution in [0, 0.1) is 6.92 Å². The summed E-state index contributed by atoms with van der Waals surface area (Å²) < 4.78 is 26.2. The van der Waals surface area contributed by atoms with E-state index in [-0.39, 0.29) is 11.4 Å². The maximum atomic E-state index is 12.4. The van der Waals surface area contributed by atoms with Gasteiger partial charge in [0.1, 0.15) is 0 Å². The van der Waals surface area contributed by atoms with E-state index >= 15 is 0 Å². The molecule has 1 heterocycles. The Balaban J connectivity index is 2.39. The number of piperidine rings is 1. The highest BCUT2D eigenvalue weighted by molar-refractivity contribution is 7.89. The molecule has 0 amide bonds.